The summed E-state index contributed by atoms with van der Waals surface area (Å²) in [7, 11) is 0. The molecule has 262 valence electrons. The Kier molecular flexibility index (Phi) is 20.7. The van der Waals surface area contributed by atoms with Crippen LogP contribution in [0.3, 0.4) is 0 Å². The van der Waals surface area contributed by atoms with Crippen molar-refractivity contribution in [3.63, 3.8) is 0 Å². The molecule has 0 radical (unpaired) electrons. The van der Waals surface area contributed by atoms with Crippen molar-refractivity contribution in [2.45, 2.75) is 77.2 Å². The van der Waals surface area contributed by atoms with Crippen LogP contribution in [-0.4, -0.2) is 102 Å². The van der Waals surface area contributed by atoms with E-state index in [0.29, 0.717) is 25.1 Å². The molecule has 1 rings (SSSR count). The van der Waals surface area contributed by atoms with Gasteiger partial charge >= 0.3 is 17.9 Å². The van der Waals surface area contributed by atoms with Gasteiger partial charge in [-0.1, -0.05) is 6.92 Å². The number of aromatic carboxylic acids is 1. The van der Waals surface area contributed by atoms with Crippen LogP contribution in [0.5, 0.6) is 5.75 Å². The maximum atomic E-state index is 12.7. The molecule has 15 heteroatoms. The lowest BCUT2D eigenvalue weighted by atomic mass is 9.95. The zero-order chi connectivity index (χ0) is 35.0. The molecule has 0 saturated carbocycles. The van der Waals surface area contributed by atoms with E-state index in [1.165, 1.54) is 24.3 Å². The summed E-state index contributed by atoms with van der Waals surface area (Å²) in [6.07, 6.45) is 0.243. The Morgan fingerprint density at radius 2 is 1.45 bits per heavy atom. The smallest absolute Gasteiger partial charge is 0.335 e. The second kappa shape index (κ2) is 23.9. The lowest BCUT2D eigenvalue weighted by Gasteiger charge is -2.18. The molecule has 0 aliphatic carbocycles. The fraction of sp³-hybridized carbons (Fsp3) is 0.594. The number of Topliss-reactive ketones (excluding diaryl/α,β-unsaturated/α-hetero) is 2. The molecule has 15 nitrogen and oxygen atoms in total. The lowest BCUT2D eigenvalue weighted by molar-refractivity contribution is -0.144. The maximum absolute atomic E-state index is 12.7. The van der Waals surface area contributed by atoms with Crippen LogP contribution in [0.15, 0.2) is 24.3 Å². The number of ether oxygens (including phenoxy) is 3. The summed E-state index contributed by atoms with van der Waals surface area (Å²) >= 11 is 0. The first-order valence-electron chi connectivity index (χ1n) is 15.6. The molecule has 0 spiro atoms. The van der Waals surface area contributed by atoms with Gasteiger partial charge in [-0.05, 0) is 56.4 Å². The number of carbonyl (C=O) groups excluding carboxylic acids is 4. The van der Waals surface area contributed by atoms with Crippen LogP contribution in [-0.2, 0) is 38.2 Å². The monoisotopic (exact) mass is 666 g/mol. The molecule has 0 saturated heterocycles. The molecule has 1 aromatic rings. The maximum Gasteiger partial charge on any atom is 0.335 e. The topological polar surface area (TPSA) is 232 Å². The van der Waals surface area contributed by atoms with Gasteiger partial charge in [0.25, 0.3) is 0 Å². The number of rotatable bonds is 28. The van der Waals surface area contributed by atoms with Crippen LogP contribution in [0.4, 0.5) is 0 Å². The second-order valence-corrected chi connectivity index (χ2v) is 10.7. The van der Waals surface area contributed by atoms with Gasteiger partial charge in [-0.15, -0.1) is 0 Å². The van der Waals surface area contributed by atoms with Gasteiger partial charge in [0, 0.05) is 45.3 Å². The van der Waals surface area contributed by atoms with Crippen molar-refractivity contribution >= 4 is 41.3 Å². The second-order valence-electron chi connectivity index (χ2n) is 10.7. The number of ketones is 2. The van der Waals surface area contributed by atoms with E-state index in [9.17, 15) is 38.7 Å². The Hall–Kier alpha value is -4.37. The number of aliphatic carboxylic acids is 2. The Morgan fingerprint density at radius 3 is 2.09 bits per heavy atom. The van der Waals surface area contributed by atoms with Gasteiger partial charge in [-0.3, -0.25) is 28.8 Å². The molecule has 2 unspecified atom stereocenters. The van der Waals surface area contributed by atoms with Crippen LogP contribution in [0.2, 0.25) is 0 Å². The zero-order valence-electron chi connectivity index (χ0n) is 26.7. The molecule has 0 aliphatic heterocycles. The molecule has 5 N–H and O–H groups in total. The van der Waals surface area contributed by atoms with E-state index in [2.05, 4.69) is 10.6 Å². The third-order valence-corrected chi connectivity index (χ3v) is 6.77. The van der Waals surface area contributed by atoms with E-state index >= 15 is 0 Å². The summed E-state index contributed by atoms with van der Waals surface area (Å²) in [6, 6.07) is 4.67. The average Bonchev–Trinajstić information content (AvgIpc) is 3.03. The van der Waals surface area contributed by atoms with Crippen LogP contribution >= 0.6 is 0 Å². The van der Waals surface area contributed by atoms with Gasteiger partial charge in [0.1, 0.15) is 18.1 Å². The number of benzene rings is 1. The first-order chi connectivity index (χ1) is 22.4. The summed E-state index contributed by atoms with van der Waals surface area (Å²) in [5.74, 6) is -5.73. The molecule has 0 aromatic heterocycles. The standard InChI is InChI=1S/C32H46N2O13/c1-2-15-33-29(38)21-46-19-18-45-16-4-6-27(36)26(12-14-30(39)40)34-28(37)13-9-23(32(43)44)20-24(35)5-3-17-47-25-10-7-22(8-11-25)31(41)42/h7-8,10-11,23,26H,2-6,9,12-21H2,1H3,(H,33,38)(H,34,37)(H,39,40)(H,41,42)(H,43,44). The van der Waals surface area contributed by atoms with E-state index in [1.807, 2.05) is 6.92 Å². The molecular formula is C32H46N2O13. The summed E-state index contributed by atoms with van der Waals surface area (Å²) in [6.45, 7) is 3.18. The molecule has 0 bridgehead atoms. The summed E-state index contributed by atoms with van der Waals surface area (Å²) in [5, 5.41) is 32.7. The average molecular weight is 667 g/mol. The molecule has 0 fully saturated rings. The fourth-order valence-electron chi connectivity index (χ4n) is 4.22. The van der Waals surface area contributed by atoms with Gasteiger partial charge in [0.05, 0.1) is 37.3 Å². The highest BCUT2D eigenvalue weighted by molar-refractivity contribution is 5.90. The number of hydrogen-bond donors (Lipinski definition) is 5. The predicted molar refractivity (Wildman–Crippen MR) is 166 cm³/mol. The van der Waals surface area contributed by atoms with Crippen molar-refractivity contribution in [3.8, 4) is 5.75 Å². The van der Waals surface area contributed by atoms with Crippen molar-refractivity contribution in [3.05, 3.63) is 29.8 Å². The number of amides is 2. The van der Waals surface area contributed by atoms with Crippen LogP contribution in [0.25, 0.3) is 0 Å². The number of carboxylic acids is 3. The largest absolute Gasteiger partial charge is 0.494 e. The van der Waals surface area contributed by atoms with Crippen LogP contribution < -0.4 is 15.4 Å². The van der Waals surface area contributed by atoms with E-state index in [0.717, 1.165) is 6.42 Å². The molecule has 2 amide bonds. The SMILES string of the molecule is CCCNC(=O)COCCOCCCC(=O)C(CCC(=O)O)NC(=O)CCC(CC(=O)CCCOc1ccc(C(=O)O)cc1)C(=O)O. The predicted octanol–water partition coefficient (Wildman–Crippen LogP) is 2.24. The fourth-order valence-corrected chi connectivity index (χ4v) is 4.22. The molecule has 0 heterocycles. The van der Waals surface area contributed by atoms with Crippen molar-refractivity contribution in [1.82, 2.24) is 10.6 Å². The van der Waals surface area contributed by atoms with Crippen LogP contribution in [0, 0.1) is 5.92 Å². The van der Waals surface area contributed by atoms with Gasteiger partial charge in [0.15, 0.2) is 5.78 Å². The third-order valence-electron chi connectivity index (χ3n) is 6.77. The van der Waals surface area contributed by atoms with E-state index in [-0.39, 0.29) is 95.2 Å². The number of carbonyl (C=O) groups is 7. The summed E-state index contributed by atoms with van der Waals surface area (Å²) in [5.41, 5.74) is 0.106. The first kappa shape index (κ1) is 40.7. The molecule has 47 heavy (non-hydrogen) atoms. The van der Waals surface area contributed by atoms with Crippen molar-refractivity contribution in [2.75, 3.05) is 39.6 Å². The Bertz CT molecular complexity index is 1170. The first-order valence-corrected chi connectivity index (χ1v) is 15.6. The van der Waals surface area contributed by atoms with Crippen LogP contribution in [0.1, 0.15) is 81.5 Å². The Labute approximate surface area is 273 Å². The van der Waals surface area contributed by atoms with Crippen molar-refractivity contribution in [1.29, 1.82) is 0 Å². The molecule has 1 aromatic carbocycles. The van der Waals surface area contributed by atoms with Crippen molar-refractivity contribution in [2.24, 2.45) is 5.92 Å². The molecule has 0 aliphatic rings. The van der Waals surface area contributed by atoms with Crippen molar-refractivity contribution < 1.29 is 63.1 Å². The highest BCUT2D eigenvalue weighted by Gasteiger charge is 2.25. The Balaban J connectivity index is 2.42. The molecule has 2 atom stereocenters. The minimum Gasteiger partial charge on any atom is -0.494 e. The summed E-state index contributed by atoms with van der Waals surface area (Å²) in [4.78, 5) is 82.9. The van der Waals surface area contributed by atoms with E-state index in [1.54, 1.807) is 0 Å². The Morgan fingerprint density at radius 1 is 0.766 bits per heavy atom. The van der Waals surface area contributed by atoms with Gasteiger partial charge in [-0.25, -0.2) is 4.79 Å². The number of nitrogens with one attached hydrogen (secondary N) is 2. The van der Waals surface area contributed by atoms with Gasteiger partial charge < -0.3 is 40.2 Å². The highest BCUT2D eigenvalue weighted by atomic mass is 16.5. The highest BCUT2D eigenvalue weighted by Crippen LogP contribution is 2.16. The quantitative estimate of drug-likeness (QED) is 0.0809. The number of carboxylic acid groups (broad SMARTS) is 3. The minimum absolute atomic E-state index is 0.00839. The third kappa shape index (κ3) is 19.7. The van der Waals surface area contributed by atoms with Gasteiger partial charge in [0.2, 0.25) is 11.8 Å². The van der Waals surface area contributed by atoms with Gasteiger partial charge in [-0.2, -0.15) is 0 Å². The minimum atomic E-state index is -1.25. The summed E-state index contributed by atoms with van der Waals surface area (Å²) < 4.78 is 16.1. The molecular weight excluding hydrogens is 620 g/mol. The lowest BCUT2D eigenvalue weighted by Crippen LogP contribution is -2.41. The van der Waals surface area contributed by atoms with E-state index < -0.39 is 41.6 Å². The normalized spacial score (nSPS) is 12.0. The number of hydrogen-bond acceptors (Lipinski definition) is 10. The van der Waals surface area contributed by atoms with E-state index in [4.69, 9.17) is 24.4 Å². The zero-order valence-corrected chi connectivity index (χ0v) is 26.7.